The van der Waals surface area contributed by atoms with Crippen molar-refractivity contribution < 1.29 is 32.9 Å². The van der Waals surface area contributed by atoms with E-state index in [4.69, 9.17) is 24.7 Å². The number of carbonyl (C=O) groups is 2. The van der Waals surface area contributed by atoms with Gasteiger partial charge in [-0.05, 0) is 33.6 Å². The van der Waals surface area contributed by atoms with E-state index >= 15 is 4.39 Å². The van der Waals surface area contributed by atoms with Crippen LogP contribution in [0, 0.1) is 11.3 Å². The summed E-state index contributed by atoms with van der Waals surface area (Å²) in [4.78, 5) is 37.1. The van der Waals surface area contributed by atoms with Gasteiger partial charge in [-0.2, -0.15) is 4.98 Å². The third kappa shape index (κ3) is 5.92. The zero-order valence-corrected chi connectivity index (χ0v) is 21.8. The molecule has 0 radical (unpaired) electrons. The number of esters is 2. The van der Waals surface area contributed by atoms with Crippen molar-refractivity contribution in [1.29, 1.82) is 0 Å². The van der Waals surface area contributed by atoms with Gasteiger partial charge in [0.15, 0.2) is 18.3 Å². The molecule has 5 atom stereocenters. The molecule has 2 aliphatic rings. The second-order valence-electron chi connectivity index (χ2n) is 10.6. The van der Waals surface area contributed by atoms with E-state index in [1.54, 1.807) is 27.8 Å². The van der Waals surface area contributed by atoms with Gasteiger partial charge < -0.3 is 30.0 Å². The first-order valence-electron chi connectivity index (χ1n) is 11.9. The molecule has 200 valence electrons. The van der Waals surface area contributed by atoms with Crippen molar-refractivity contribution in [3.63, 3.8) is 0 Å². The summed E-state index contributed by atoms with van der Waals surface area (Å²) < 4.78 is 38.8. The van der Waals surface area contributed by atoms with E-state index in [2.05, 4.69) is 20.3 Å². The summed E-state index contributed by atoms with van der Waals surface area (Å²) in [5.41, 5.74) is 3.87. The molecule has 0 aliphatic carbocycles. The minimum atomic E-state index is -2.10. The Kier molecular flexibility index (Phi) is 8.19. The van der Waals surface area contributed by atoms with Gasteiger partial charge in [-0.25, -0.2) is 9.37 Å². The largest absolute Gasteiger partial charge is 0.463 e. The number of nitrogens with zero attached hydrogens (tertiary/aromatic N) is 3. The van der Waals surface area contributed by atoms with Crippen LogP contribution in [-0.2, 0) is 28.5 Å². The van der Waals surface area contributed by atoms with Crippen LogP contribution in [-0.4, -0.2) is 72.5 Å². The molecule has 0 saturated carbocycles. The maximum absolute atomic E-state index is 16.4. The van der Waals surface area contributed by atoms with E-state index in [9.17, 15) is 9.59 Å². The fraction of sp³-hybridized carbons (Fsp3) is 0.708. The van der Waals surface area contributed by atoms with Crippen LogP contribution in [0.2, 0.25) is 0 Å². The second-order valence-corrected chi connectivity index (χ2v) is 10.6. The molecule has 1 fully saturated rings. The summed E-state index contributed by atoms with van der Waals surface area (Å²) in [6, 6.07) is 0. The number of ether oxygens (including phenoxy) is 4. The molecule has 0 spiro atoms. The lowest BCUT2D eigenvalue weighted by atomic mass is 9.86. The summed E-state index contributed by atoms with van der Waals surface area (Å²) >= 11 is 0. The monoisotopic (exact) mass is 509 g/mol. The molecule has 3 heterocycles. The minimum Gasteiger partial charge on any atom is -0.463 e. The molecule has 2 unspecified atom stereocenters. The summed E-state index contributed by atoms with van der Waals surface area (Å²) in [5.74, 6) is -1.11. The van der Waals surface area contributed by atoms with Crippen molar-refractivity contribution in [1.82, 2.24) is 9.97 Å². The first kappa shape index (κ1) is 27.7. The summed E-state index contributed by atoms with van der Waals surface area (Å²) in [6.07, 6.45) is -1.52. The van der Waals surface area contributed by atoms with Gasteiger partial charge in [-0.1, -0.05) is 13.8 Å². The molecule has 36 heavy (non-hydrogen) atoms. The Bertz CT molecular complexity index is 1010. The number of carbonyl (C=O) groups excluding carboxylic acids is 2. The zero-order valence-electron chi connectivity index (χ0n) is 21.8. The van der Waals surface area contributed by atoms with Crippen LogP contribution in [0.3, 0.4) is 0 Å². The highest BCUT2D eigenvalue weighted by Crippen LogP contribution is 2.47. The summed E-state index contributed by atoms with van der Waals surface area (Å²) in [5, 5.41) is 2.91. The molecule has 12 heteroatoms. The van der Waals surface area contributed by atoms with Crippen LogP contribution >= 0.6 is 0 Å². The Morgan fingerprint density at radius 3 is 2.58 bits per heavy atom. The van der Waals surface area contributed by atoms with E-state index in [1.165, 1.54) is 13.1 Å². The number of nitrogens with two attached hydrogens (primary N) is 1. The molecule has 0 bridgehead atoms. The number of nitrogen functional groups attached to an aromatic ring is 1. The Labute approximate surface area is 210 Å². The summed E-state index contributed by atoms with van der Waals surface area (Å²) in [6.45, 7) is 9.49. The fourth-order valence-corrected chi connectivity index (χ4v) is 4.17. The quantitative estimate of drug-likeness (QED) is 0.376. The molecule has 1 saturated heterocycles. The van der Waals surface area contributed by atoms with Gasteiger partial charge in [0, 0.05) is 19.7 Å². The predicted octanol–water partition coefficient (Wildman–Crippen LogP) is 2.92. The summed E-state index contributed by atoms with van der Waals surface area (Å²) in [7, 11) is 1.67. The number of rotatable bonds is 9. The number of aliphatic imine (C=N–C) groups is 1. The molecule has 1 aromatic heterocycles. The number of anilines is 2. The van der Waals surface area contributed by atoms with Crippen LogP contribution in [0.4, 0.5) is 21.8 Å². The lowest BCUT2D eigenvalue weighted by Gasteiger charge is -2.29. The van der Waals surface area contributed by atoms with Gasteiger partial charge in [0.05, 0.1) is 17.0 Å². The van der Waals surface area contributed by atoms with Crippen LogP contribution in [0.1, 0.15) is 59.6 Å². The third-order valence-corrected chi connectivity index (χ3v) is 5.98. The highest BCUT2D eigenvalue weighted by atomic mass is 19.1. The third-order valence-electron chi connectivity index (χ3n) is 5.98. The fourth-order valence-electron chi connectivity index (χ4n) is 4.17. The number of fused-ring (bicyclic) bond motifs is 1. The SMILES string of the molecule is CNc1nc(N)nc2c1N=CC2C1O[C@H](COC(=O)CC(C)C)[C@@H](OCOC(=O)C(C)(C)C)[C@@]1(C)F. The second kappa shape index (κ2) is 10.6. The van der Waals surface area contributed by atoms with E-state index in [0.717, 1.165) is 0 Å². The molecule has 1 aromatic rings. The smallest absolute Gasteiger partial charge is 0.313 e. The van der Waals surface area contributed by atoms with Crippen LogP contribution in [0.25, 0.3) is 0 Å². The van der Waals surface area contributed by atoms with Crippen molar-refractivity contribution in [3.8, 4) is 0 Å². The molecule has 2 aliphatic heterocycles. The molecular weight excluding hydrogens is 473 g/mol. The standard InChI is InChI=1S/C24H36FN5O6/c1-12(2)8-15(31)33-10-14-19(34-11-35-21(32)23(3,4)5)24(6,25)18(36-14)13-9-28-17-16(13)29-22(26)30-20(17)27-7/h9,12-14,18-19H,8,10-11H2,1-7H3,(H3,26,27,29,30)/t13?,14-,18?,19-,24+/m1/s1. The highest BCUT2D eigenvalue weighted by Gasteiger charge is 2.59. The minimum absolute atomic E-state index is 0.00761. The highest BCUT2D eigenvalue weighted by molar-refractivity contribution is 5.85. The van der Waals surface area contributed by atoms with Crippen molar-refractivity contribution in [2.75, 3.05) is 31.5 Å². The van der Waals surface area contributed by atoms with Crippen LogP contribution in [0.5, 0.6) is 0 Å². The number of nitrogens with one attached hydrogen (secondary N) is 1. The van der Waals surface area contributed by atoms with Gasteiger partial charge in [0.1, 0.15) is 30.6 Å². The first-order valence-corrected chi connectivity index (χ1v) is 11.9. The molecule has 0 aromatic carbocycles. The van der Waals surface area contributed by atoms with E-state index < -0.39 is 54.0 Å². The van der Waals surface area contributed by atoms with E-state index in [1.807, 2.05) is 13.8 Å². The number of halogens is 1. The topological polar surface area (TPSA) is 147 Å². The molecule has 11 nitrogen and oxygen atoms in total. The predicted molar refractivity (Wildman–Crippen MR) is 131 cm³/mol. The number of aromatic nitrogens is 2. The van der Waals surface area contributed by atoms with Crippen LogP contribution in [0.15, 0.2) is 4.99 Å². The van der Waals surface area contributed by atoms with Crippen molar-refractivity contribution in [3.05, 3.63) is 5.69 Å². The molecule has 3 N–H and O–H groups in total. The molecule has 0 amide bonds. The van der Waals surface area contributed by atoms with E-state index in [-0.39, 0.29) is 24.9 Å². The Morgan fingerprint density at radius 1 is 1.28 bits per heavy atom. The lowest BCUT2D eigenvalue weighted by molar-refractivity contribution is -0.180. The Hall–Kier alpha value is -2.86. The Morgan fingerprint density at radius 2 is 1.97 bits per heavy atom. The van der Waals surface area contributed by atoms with Gasteiger partial charge in [-0.15, -0.1) is 0 Å². The Balaban J connectivity index is 1.83. The number of hydrogen-bond acceptors (Lipinski definition) is 11. The van der Waals surface area contributed by atoms with E-state index in [0.29, 0.717) is 17.2 Å². The van der Waals surface area contributed by atoms with Crippen LogP contribution < -0.4 is 11.1 Å². The normalized spacial score (nSPS) is 27.2. The molecular formula is C24H36FN5O6. The van der Waals surface area contributed by atoms with Crippen molar-refractivity contribution in [2.45, 2.75) is 77.9 Å². The van der Waals surface area contributed by atoms with Crippen molar-refractivity contribution >= 4 is 35.6 Å². The van der Waals surface area contributed by atoms with Crippen molar-refractivity contribution in [2.24, 2.45) is 16.3 Å². The average Bonchev–Trinajstić information content (AvgIpc) is 3.28. The lowest BCUT2D eigenvalue weighted by Crippen LogP contribution is -2.46. The number of hydrogen-bond donors (Lipinski definition) is 2. The molecule has 3 rings (SSSR count). The van der Waals surface area contributed by atoms with Gasteiger partial charge in [-0.3, -0.25) is 14.6 Å². The number of alkyl halides is 1. The maximum Gasteiger partial charge on any atom is 0.313 e. The average molecular weight is 510 g/mol. The van der Waals surface area contributed by atoms with Gasteiger partial charge in [0.25, 0.3) is 0 Å². The van der Waals surface area contributed by atoms with Gasteiger partial charge in [0.2, 0.25) is 5.95 Å². The maximum atomic E-state index is 16.4. The zero-order chi connectivity index (χ0) is 26.8. The van der Waals surface area contributed by atoms with Gasteiger partial charge >= 0.3 is 11.9 Å². The first-order chi connectivity index (χ1) is 16.8.